The van der Waals surface area contributed by atoms with Crippen LogP contribution in [0, 0.1) is 13.8 Å². The van der Waals surface area contributed by atoms with Crippen molar-refractivity contribution in [3.63, 3.8) is 0 Å². The lowest BCUT2D eigenvalue weighted by atomic mass is 9.97. The predicted octanol–water partition coefficient (Wildman–Crippen LogP) is 1.14. The minimum Gasteiger partial charge on any atom is -0.481 e. The van der Waals surface area contributed by atoms with Crippen LogP contribution in [0.4, 0.5) is 0 Å². The summed E-state index contributed by atoms with van der Waals surface area (Å²) in [6.45, 7) is 3.91. The van der Waals surface area contributed by atoms with Crippen molar-refractivity contribution in [1.82, 2.24) is 0 Å². The van der Waals surface area contributed by atoms with Crippen LogP contribution in [0.1, 0.15) is 29.2 Å². The topological polar surface area (TPSA) is 83.5 Å². The first-order valence-corrected chi connectivity index (χ1v) is 5.14. The molecule has 0 saturated carbocycles. The van der Waals surface area contributed by atoms with Crippen LogP contribution in [0.15, 0.2) is 18.2 Å². The SMILES string of the molecule is Cc1ccc(C(O)C(N)CC(=O)O)cc1C. The normalized spacial score (nSPS) is 14.5. The zero-order valence-electron chi connectivity index (χ0n) is 9.47. The fourth-order valence-electron chi connectivity index (χ4n) is 1.51. The van der Waals surface area contributed by atoms with Gasteiger partial charge in [-0.2, -0.15) is 0 Å². The summed E-state index contributed by atoms with van der Waals surface area (Å²) in [5.41, 5.74) is 8.45. The molecule has 4 nitrogen and oxygen atoms in total. The Morgan fingerprint density at radius 1 is 1.38 bits per heavy atom. The number of aliphatic hydroxyl groups is 1. The fraction of sp³-hybridized carbons (Fsp3) is 0.417. The van der Waals surface area contributed by atoms with E-state index in [2.05, 4.69) is 0 Å². The zero-order valence-corrected chi connectivity index (χ0v) is 9.47. The van der Waals surface area contributed by atoms with Gasteiger partial charge in [0.25, 0.3) is 0 Å². The molecule has 0 spiro atoms. The van der Waals surface area contributed by atoms with Gasteiger partial charge < -0.3 is 15.9 Å². The summed E-state index contributed by atoms with van der Waals surface area (Å²) in [6.07, 6.45) is -1.18. The second kappa shape index (κ2) is 5.09. The van der Waals surface area contributed by atoms with Crippen LogP contribution in [0.3, 0.4) is 0 Å². The van der Waals surface area contributed by atoms with Gasteiger partial charge >= 0.3 is 5.97 Å². The lowest BCUT2D eigenvalue weighted by Crippen LogP contribution is -2.31. The Bertz CT molecular complexity index is 390. The Balaban J connectivity index is 2.83. The monoisotopic (exact) mass is 223 g/mol. The van der Waals surface area contributed by atoms with Gasteiger partial charge in [-0.15, -0.1) is 0 Å². The molecule has 16 heavy (non-hydrogen) atoms. The summed E-state index contributed by atoms with van der Waals surface area (Å²) in [4.78, 5) is 10.5. The minimum atomic E-state index is -1.00. The van der Waals surface area contributed by atoms with Crippen molar-refractivity contribution in [3.8, 4) is 0 Å². The Morgan fingerprint density at radius 3 is 2.50 bits per heavy atom. The molecule has 1 aromatic rings. The summed E-state index contributed by atoms with van der Waals surface area (Å²) in [5, 5.41) is 18.5. The highest BCUT2D eigenvalue weighted by molar-refractivity contribution is 5.67. The molecule has 0 aliphatic rings. The van der Waals surface area contributed by atoms with E-state index < -0.39 is 18.1 Å². The Morgan fingerprint density at radius 2 is 2.00 bits per heavy atom. The van der Waals surface area contributed by atoms with E-state index in [0.29, 0.717) is 5.56 Å². The number of carbonyl (C=O) groups is 1. The van der Waals surface area contributed by atoms with Crippen molar-refractivity contribution in [1.29, 1.82) is 0 Å². The molecule has 4 heteroatoms. The van der Waals surface area contributed by atoms with E-state index in [-0.39, 0.29) is 6.42 Å². The molecule has 0 radical (unpaired) electrons. The van der Waals surface area contributed by atoms with E-state index in [0.717, 1.165) is 11.1 Å². The standard InChI is InChI=1S/C12H17NO3/c1-7-3-4-9(5-8(7)2)12(16)10(13)6-11(14)15/h3-5,10,12,16H,6,13H2,1-2H3,(H,14,15). The van der Waals surface area contributed by atoms with Crippen LogP contribution in [0.2, 0.25) is 0 Å². The molecule has 0 heterocycles. The largest absolute Gasteiger partial charge is 0.481 e. The van der Waals surface area contributed by atoms with Gasteiger partial charge in [-0.3, -0.25) is 4.79 Å². The van der Waals surface area contributed by atoms with Crippen LogP contribution in [-0.4, -0.2) is 22.2 Å². The molecule has 88 valence electrons. The van der Waals surface area contributed by atoms with Crippen molar-refractivity contribution in [2.45, 2.75) is 32.4 Å². The second-order valence-electron chi connectivity index (χ2n) is 4.05. The van der Waals surface area contributed by atoms with Gasteiger partial charge in [0.2, 0.25) is 0 Å². The molecule has 0 saturated heterocycles. The van der Waals surface area contributed by atoms with Gasteiger partial charge in [-0.05, 0) is 30.5 Å². The van der Waals surface area contributed by atoms with E-state index >= 15 is 0 Å². The van der Waals surface area contributed by atoms with Crippen LogP contribution < -0.4 is 5.73 Å². The number of aliphatic hydroxyl groups excluding tert-OH is 1. The maximum atomic E-state index is 10.5. The average Bonchev–Trinajstić information content (AvgIpc) is 2.20. The molecule has 2 atom stereocenters. The van der Waals surface area contributed by atoms with Crippen LogP contribution in [-0.2, 0) is 4.79 Å². The molecule has 0 aromatic heterocycles. The van der Waals surface area contributed by atoms with Gasteiger partial charge in [0.05, 0.1) is 12.5 Å². The van der Waals surface area contributed by atoms with E-state index in [4.69, 9.17) is 10.8 Å². The Kier molecular flexibility index (Phi) is 4.04. The number of benzene rings is 1. The molecule has 0 fully saturated rings. The first kappa shape index (κ1) is 12.7. The third kappa shape index (κ3) is 3.05. The summed E-state index contributed by atoms with van der Waals surface area (Å²) in [5.74, 6) is -1.00. The number of carboxylic acids is 1. The van der Waals surface area contributed by atoms with Gasteiger partial charge in [0.15, 0.2) is 0 Å². The number of carboxylic acid groups (broad SMARTS) is 1. The van der Waals surface area contributed by atoms with Crippen LogP contribution in [0.5, 0.6) is 0 Å². The molecule has 0 bridgehead atoms. The molecule has 1 aromatic carbocycles. The number of hydrogen-bond acceptors (Lipinski definition) is 3. The van der Waals surface area contributed by atoms with Crippen molar-refractivity contribution in [2.24, 2.45) is 5.73 Å². The third-order valence-electron chi connectivity index (χ3n) is 2.69. The van der Waals surface area contributed by atoms with Gasteiger partial charge in [-0.1, -0.05) is 18.2 Å². The summed E-state index contributed by atoms with van der Waals surface area (Å²) in [7, 11) is 0. The Labute approximate surface area is 94.7 Å². The predicted molar refractivity (Wildman–Crippen MR) is 61.1 cm³/mol. The molecule has 1 rings (SSSR count). The molecule has 0 aliphatic heterocycles. The number of hydrogen-bond donors (Lipinski definition) is 3. The minimum absolute atomic E-state index is 0.242. The first-order chi connectivity index (χ1) is 7.41. The van der Waals surface area contributed by atoms with Crippen molar-refractivity contribution < 1.29 is 15.0 Å². The van der Waals surface area contributed by atoms with E-state index in [1.54, 1.807) is 6.07 Å². The highest BCUT2D eigenvalue weighted by Crippen LogP contribution is 2.20. The molecule has 4 N–H and O–H groups in total. The highest BCUT2D eigenvalue weighted by atomic mass is 16.4. The maximum Gasteiger partial charge on any atom is 0.305 e. The van der Waals surface area contributed by atoms with Crippen LogP contribution in [0.25, 0.3) is 0 Å². The lowest BCUT2D eigenvalue weighted by Gasteiger charge is -2.18. The van der Waals surface area contributed by atoms with Gasteiger partial charge in [0, 0.05) is 6.04 Å². The van der Waals surface area contributed by atoms with Crippen molar-refractivity contribution in [2.75, 3.05) is 0 Å². The zero-order chi connectivity index (χ0) is 12.3. The summed E-state index contributed by atoms with van der Waals surface area (Å²) >= 11 is 0. The Hall–Kier alpha value is -1.39. The fourth-order valence-corrected chi connectivity index (χ4v) is 1.51. The molecule has 0 aliphatic carbocycles. The van der Waals surface area contributed by atoms with E-state index in [1.807, 2.05) is 26.0 Å². The summed E-state index contributed by atoms with van der Waals surface area (Å²) < 4.78 is 0. The average molecular weight is 223 g/mol. The summed E-state index contributed by atoms with van der Waals surface area (Å²) in [6, 6.07) is 4.72. The number of aliphatic carboxylic acids is 1. The first-order valence-electron chi connectivity index (χ1n) is 5.14. The van der Waals surface area contributed by atoms with Gasteiger partial charge in [0.1, 0.15) is 0 Å². The number of aryl methyl sites for hydroxylation is 2. The molecular formula is C12H17NO3. The van der Waals surface area contributed by atoms with Crippen molar-refractivity contribution in [3.05, 3.63) is 34.9 Å². The lowest BCUT2D eigenvalue weighted by molar-refractivity contribution is -0.138. The maximum absolute atomic E-state index is 10.5. The number of rotatable bonds is 4. The molecule has 0 amide bonds. The molecular weight excluding hydrogens is 206 g/mol. The highest BCUT2D eigenvalue weighted by Gasteiger charge is 2.19. The number of nitrogens with two attached hydrogens (primary N) is 1. The second-order valence-corrected chi connectivity index (χ2v) is 4.05. The van der Waals surface area contributed by atoms with E-state index in [9.17, 15) is 9.90 Å². The molecule has 2 unspecified atom stereocenters. The van der Waals surface area contributed by atoms with Gasteiger partial charge in [-0.25, -0.2) is 0 Å². The third-order valence-corrected chi connectivity index (χ3v) is 2.69. The van der Waals surface area contributed by atoms with E-state index in [1.165, 1.54) is 0 Å². The smallest absolute Gasteiger partial charge is 0.305 e. The van der Waals surface area contributed by atoms with Crippen LogP contribution >= 0.6 is 0 Å². The van der Waals surface area contributed by atoms with Crippen molar-refractivity contribution >= 4 is 5.97 Å². The quantitative estimate of drug-likeness (QED) is 0.714.